The summed E-state index contributed by atoms with van der Waals surface area (Å²) in [6.45, 7) is 1.55. The highest BCUT2D eigenvalue weighted by molar-refractivity contribution is 7.89. The van der Waals surface area contributed by atoms with Crippen LogP contribution >= 0.6 is 0 Å². The van der Waals surface area contributed by atoms with E-state index in [0.717, 1.165) is 19.4 Å². The first-order valence-corrected chi connectivity index (χ1v) is 7.55. The second-order valence-corrected chi connectivity index (χ2v) is 6.45. The maximum Gasteiger partial charge on any atom is 0.246 e. The average Bonchev–Trinajstić information content (AvgIpc) is 2.47. The van der Waals surface area contributed by atoms with Crippen molar-refractivity contribution in [1.82, 2.24) is 14.6 Å². The smallest absolute Gasteiger partial charge is 0.246 e. The molecule has 1 unspecified atom stereocenters. The van der Waals surface area contributed by atoms with Crippen LogP contribution < -0.4 is 5.32 Å². The monoisotopic (exact) mass is 280 g/mol. The van der Waals surface area contributed by atoms with Gasteiger partial charge in [0, 0.05) is 25.8 Å². The first-order chi connectivity index (χ1) is 9.07. The Hall–Kier alpha value is -1.49. The van der Waals surface area contributed by atoms with Gasteiger partial charge in [-0.3, -0.25) is 0 Å². The number of hydrogen-bond donors (Lipinski definition) is 1. The zero-order valence-corrected chi connectivity index (χ0v) is 11.5. The minimum absolute atomic E-state index is 0.0226. The van der Waals surface area contributed by atoms with Gasteiger partial charge < -0.3 is 5.32 Å². The second kappa shape index (κ2) is 5.65. The number of nitriles is 1. The fraction of sp³-hybridized carbons (Fsp3) is 0.500. The van der Waals surface area contributed by atoms with E-state index in [9.17, 15) is 8.42 Å². The van der Waals surface area contributed by atoms with Crippen LogP contribution in [-0.2, 0) is 10.0 Å². The number of nitrogens with zero attached hydrogens (tertiary/aromatic N) is 3. The van der Waals surface area contributed by atoms with Crippen molar-refractivity contribution in [2.24, 2.45) is 0 Å². The number of piperidine rings is 1. The standard InChI is InChI=1S/C12H16N4O2S/c1-16(10-4-2-6-14-9-10)19(17,18)12-5-3-7-15-11(12)8-13/h3,5,7,10,14H,2,4,6,9H2,1H3. The molecule has 6 nitrogen and oxygen atoms in total. The van der Waals surface area contributed by atoms with Gasteiger partial charge in [0.2, 0.25) is 10.0 Å². The predicted octanol–water partition coefficient (Wildman–Crippen LogP) is 0.326. The van der Waals surface area contributed by atoms with Gasteiger partial charge in [-0.15, -0.1) is 0 Å². The highest BCUT2D eigenvalue weighted by Gasteiger charge is 2.31. The zero-order chi connectivity index (χ0) is 13.9. The van der Waals surface area contributed by atoms with Gasteiger partial charge in [0.05, 0.1) is 0 Å². The quantitative estimate of drug-likeness (QED) is 0.862. The zero-order valence-electron chi connectivity index (χ0n) is 10.7. The van der Waals surface area contributed by atoms with Crippen LogP contribution in [0.2, 0.25) is 0 Å². The van der Waals surface area contributed by atoms with Crippen molar-refractivity contribution >= 4 is 10.0 Å². The van der Waals surface area contributed by atoms with Crippen LogP contribution in [0.3, 0.4) is 0 Å². The third-order valence-electron chi connectivity index (χ3n) is 3.32. The van der Waals surface area contributed by atoms with Crippen molar-refractivity contribution in [3.8, 4) is 6.07 Å². The fourth-order valence-electron chi connectivity index (χ4n) is 2.18. The molecule has 2 rings (SSSR count). The normalized spacial score (nSPS) is 20.2. The van der Waals surface area contributed by atoms with Crippen molar-refractivity contribution in [2.45, 2.75) is 23.8 Å². The molecule has 7 heteroatoms. The Kier molecular flexibility index (Phi) is 4.14. The lowest BCUT2D eigenvalue weighted by Gasteiger charge is -2.30. The first-order valence-electron chi connectivity index (χ1n) is 6.11. The third kappa shape index (κ3) is 2.76. The van der Waals surface area contributed by atoms with Crippen LogP contribution in [0.4, 0.5) is 0 Å². The lowest BCUT2D eigenvalue weighted by Crippen LogP contribution is -2.46. The number of likely N-dealkylation sites (N-methyl/N-ethyl adjacent to an activating group) is 1. The topological polar surface area (TPSA) is 86.1 Å². The molecular formula is C12H16N4O2S. The van der Waals surface area contributed by atoms with Crippen LogP contribution in [-0.4, -0.2) is 43.9 Å². The fourth-order valence-corrected chi connectivity index (χ4v) is 3.65. The minimum atomic E-state index is -3.67. The lowest BCUT2D eigenvalue weighted by atomic mass is 10.1. The summed E-state index contributed by atoms with van der Waals surface area (Å²) in [6.07, 6.45) is 3.19. The van der Waals surface area contributed by atoms with Crippen LogP contribution in [0.15, 0.2) is 23.2 Å². The number of pyridine rings is 1. The molecule has 0 aliphatic carbocycles. The molecule has 0 radical (unpaired) electrons. The summed E-state index contributed by atoms with van der Waals surface area (Å²) in [5.41, 5.74) is -0.0573. The molecule has 0 bridgehead atoms. The van der Waals surface area contributed by atoms with E-state index in [1.165, 1.54) is 22.6 Å². The summed E-state index contributed by atoms with van der Waals surface area (Å²) in [7, 11) is -2.12. The molecule has 0 spiro atoms. The summed E-state index contributed by atoms with van der Waals surface area (Å²) >= 11 is 0. The summed E-state index contributed by atoms with van der Waals surface area (Å²) in [5, 5.41) is 12.1. The van der Waals surface area contributed by atoms with Crippen LogP contribution in [0.1, 0.15) is 18.5 Å². The first kappa shape index (κ1) is 13.9. The SMILES string of the molecule is CN(C1CCCNC1)S(=O)(=O)c1cccnc1C#N. The van der Waals surface area contributed by atoms with Crippen molar-refractivity contribution < 1.29 is 8.42 Å². The highest BCUT2D eigenvalue weighted by Crippen LogP contribution is 2.21. The van der Waals surface area contributed by atoms with E-state index in [-0.39, 0.29) is 16.6 Å². The molecule has 1 N–H and O–H groups in total. The molecule has 0 aromatic carbocycles. The number of hydrogen-bond acceptors (Lipinski definition) is 5. The van der Waals surface area contributed by atoms with E-state index in [0.29, 0.717) is 6.54 Å². The molecule has 102 valence electrons. The summed E-state index contributed by atoms with van der Waals surface area (Å²) in [6, 6.07) is 4.70. The van der Waals surface area contributed by atoms with Gasteiger partial charge >= 0.3 is 0 Å². The van der Waals surface area contributed by atoms with Gasteiger partial charge in [-0.05, 0) is 31.5 Å². The second-order valence-electron chi connectivity index (χ2n) is 4.48. The van der Waals surface area contributed by atoms with E-state index in [2.05, 4.69) is 10.3 Å². The Labute approximate surface area is 113 Å². The Morgan fingerprint density at radius 3 is 3.00 bits per heavy atom. The largest absolute Gasteiger partial charge is 0.315 e. The highest BCUT2D eigenvalue weighted by atomic mass is 32.2. The number of nitrogens with one attached hydrogen (secondary N) is 1. The molecule has 1 saturated heterocycles. The molecule has 1 aromatic heterocycles. The van der Waals surface area contributed by atoms with Crippen molar-refractivity contribution in [2.75, 3.05) is 20.1 Å². The number of aromatic nitrogens is 1. The molecule has 1 fully saturated rings. The van der Waals surface area contributed by atoms with Crippen LogP contribution in [0, 0.1) is 11.3 Å². The molecule has 1 aliphatic rings. The molecule has 2 heterocycles. The van der Waals surface area contributed by atoms with Gasteiger partial charge in [0.15, 0.2) is 5.69 Å². The summed E-state index contributed by atoms with van der Waals surface area (Å²) in [5.74, 6) is 0. The molecule has 1 aliphatic heterocycles. The van der Waals surface area contributed by atoms with E-state index >= 15 is 0 Å². The summed E-state index contributed by atoms with van der Waals surface area (Å²) in [4.78, 5) is 3.79. The molecule has 1 aromatic rings. The van der Waals surface area contributed by atoms with E-state index in [1.54, 1.807) is 7.05 Å². The lowest BCUT2D eigenvalue weighted by molar-refractivity contribution is 0.300. The van der Waals surface area contributed by atoms with Gasteiger partial charge in [-0.25, -0.2) is 13.4 Å². The Morgan fingerprint density at radius 1 is 1.58 bits per heavy atom. The van der Waals surface area contributed by atoms with Crippen LogP contribution in [0.25, 0.3) is 0 Å². The van der Waals surface area contributed by atoms with Gasteiger partial charge in [-0.1, -0.05) is 0 Å². The van der Waals surface area contributed by atoms with E-state index < -0.39 is 10.0 Å². The maximum absolute atomic E-state index is 12.5. The van der Waals surface area contributed by atoms with Gasteiger partial charge in [0.25, 0.3) is 0 Å². The van der Waals surface area contributed by atoms with Crippen LogP contribution in [0.5, 0.6) is 0 Å². The average molecular weight is 280 g/mol. The molecule has 19 heavy (non-hydrogen) atoms. The number of sulfonamides is 1. The minimum Gasteiger partial charge on any atom is -0.315 e. The van der Waals surface area contributed by atoms with Crippen molar-refractivity contribution in [1.29, 1.82) is 5.26 Å². The molecule has 1 atom stereocenters. The Bertz CT molecular complexity index is 588. The Morgan fingerprint density at radius 2 is 2.37 bits per heavy atom. The summed E-state index contributed by atoms with van der Waals surface area (Å²) < 4.78 is 26.4. The Balaban J connectivity index is 2.34. The molecule has 0 saturated carbocycles. The third-order valence-corrected chi connectivity index (χ3v) is 5.26. The van der Waals surface area contributed by atoms with Crippen molar-refractivity contribution in [3.63, 3.8) is 0 Å². The van der Waals surface area contributed by atoms with E-state index in [1.807, 2.05) is 6.07 Å². The number of rotatable bonds is 3. The van der Waals surface area contributed by atoms with E-state index in [4.69, 9.17) is 5.26 Å². The van der Waals surface area contributed by atoms with Gasteiger partial charge in [0.1, 0.15) is 11.0 Å². The van der Waals surface area contributed by atoms with Gasteiger partial charge in [-0.2, -0.15) is 9.57 Å². The molecule has 0 amide bonds. The maximum atomic E-state index is 12.5. The predicted molar refractivity (Wildman–Crippen MR) is 69.8 cm³/mol. The molecular weight excluding hydrogens is 264 g/mol. The van der Waals surface area contributed by atoms with Crippen molar-refractivity contribution in [3.05, 3.63) is 24.0 Å².